The van der Waals surface area contributed by atoms with Gasteiger partial charge < -0.3 is 9.88 Å². The molecule has 0 atom stereocenters. The van der Waals surface area contributed by atoms with Gasteiger partial charge in [0.2, 0.25) is 0 Å². The number of hydrogen-bond acceptors (Lipinski definition) is 2. The maximum atomic E-state index is 5.93. The van der Waals surface area contributed by atoms with E-state index in [-0.39, 0.29) is 0 Å². The summed E-state index contributed by atoms with van der Waals surface area (Å²) in [5.41, 5.74) is 0.966. The highest BCUT2D eigenvalue weighted by Crippen LogP contribution is 2.24. The highest BCUT2D eigenvalue weighted by molar-refractivity contribution is 6.42. The molecule has 1 aromatic carbocycles. The fourth-order valence-corrected chi connectivity index (χ4v) is 1.86. The molecule has 0 aliphatic rings. The first kappa shape index (κ1) is 12.3. The van der Waals surface area contributed by atoms with Crippen LogP contribution in [0.5, 0.6) is 0 Å². The molecule has 5 heteroatoms. The lowest BCUT2D eigenvalue weighted by Gasteiger charge is -2.07. The van der Waals surface area contributed by atoms with Gasteiger partial charge in [0.25, 0.3) is 0 Å². The molecule has 90 valence electrons. The third-order valence-electron chi connectivity index (χ3n) is 2.52. The predicted octanol–water partition coefficient (Wildman–Crippen LogP) is 3.38. The van der Waals surface area contributed by atoms with E-state index in [1.54, 1.807) is 12.3 Å². The number of halogens is 2. The Balaban J connectivity index is 1.90. The van der Waals surface area contributed by atoms with Crippen LogP contribution in [0.1, 0.15) is 5.82 Å². The third kappa shape index (κ3) is 3.14. The van der Waals surface area contributed by atoms with E-state index in [0.29, 0.717) is 10.0 Å². The van der Waals surface area contributed by atoms with E-state index >= 15 is 0 Å². The molecule has 2 aromatic rings. The van der Waals surface area contributed by atoms with Gasteiger partial charge in [-0.15, -0.1) is 0 Å². The highest BCUT2D eigenvalue weighted by atomic mass is 35.5. The molecule has 1 heterocycles. The van der Waals surface area contributed by atoms with Crippen molar-refractivity contribution in [3.05, 3.63) is 46.5 Å². The Morgan fingerprint density at radius 2 is 2.12 bits per heavy atom. The molecule has 0 fully saturated rings. The number of rotatable bonds is 4. The maximum Gasteiger partial charge on any atom is 0.110 e. The van der Waals surface area contributed by atoms with E-state index in [1.807, 2.05) is 29.9 Å². The van der Waals surface area contributed by atoms with Gasteiger partial charge in [0, 0.05) is 38.1 Å². The van der Waals surface area contributed by atoms with Crippen molar-refractivity contribution in [1.82, 2.24) is 9.55 Å². The molecule has 0 saturated heterocycles. The normalized spacial score (nSPS) is 10.5. The number of nitrogens with zero attached hydrogens (tertiary/aromatic N) is 2. The van der Waals surface area contributed by atoms with Crippen LogP contribution < -0.4 is 5.32 Å². The lowest BCUT2D eigenvalue weighted by atomic mass is 10.3. The zero-order chi connectivity index (χ0) is 12.3. The summed E-state index contributed by atoms with van der Waals surface area (Å²) in [7, 11) is 1.99. The molecule has 0 bridgehead atoms. The lowest BCUT2D eigenvalue weighted by molar-refractivity contribution is 0.790. The van der Waals surface area contributed by atoms with Gasteiger partial charge in [-0.1, -0.05) is 23.2 Å². The van der Waals surface area contributed by atoms with Crippen molar-refractivity contribution in [2.75, 3.05) is 11.9 Å². The molecule has 0 saturated carbocycles. The molecule has 0 aliphatic heterocycles. The van der Waals surface area contributed by atoms with Gasteiger partial charge in [-0.3, -0.25) is 0 Å². The number of benzene rings is 1. The van der Waals surface area contributed by atoms with Crippen LogP contribution in [0.2, 0.25) is 10.0 Å². The first-order valence-corrected chi connectivity index (χ1v) is 6.07. The van der Waals surface area contributed by atoms with Gasteiger partial charge in [-0.05, 0) is 18.2 Å². The van der Waals surface area contributed by atoms with Crippen molar-refractivity contribution in [2.24, 2.45) is 7.05 Å². The minimum atomic E-state index is 0.564. The summed E-state index contributed by atoms with van der Waals surface area (Å²) < 4.78 is 2.01. The molecular formula is C12H13Cl2N3. The molecule has 2 rings (SSSR count). The third-order valence-corrected chi connectivity index (χ3v) is 3.26. The van der Waals surface area contributed by atoms with E-state index in [0.717, 1.165) is 24.5 Å². The predicted molar refractivity (Wildman–Crippen MR) is 71.9 cm³/mol. The van der Waals surface area contributed by atoms with Crippen molar-refractivity contribution >= 4 is 28.9 Å². The van der Waals surface area contributed by atoms with E-state index in [4.69, 9.17) is 23.2 Å². The van der Waals surface area contributed by atoms with Gasteiger partial charge in [0.1, 0.15) is 5.82 Å². The first-order valence-electron chi connectivity index (χ1n) is 5.32. The van der Waals surface area contributed by atoms with Crippen molar-refractivity contribution in [1.29, 1.82) is 0 Å². The molecule has 0 amide bonds. The van der Waals surface area contributed by atoms with Gasteiger partial charge in [-0.2, -0.15) is 0 Å². The molecule has 0 aliphatic carbocycles. The van der Waals surface area contributed by atoms with E-state index < -0.39 is 0 Å². The Kier molecular flexibility index (Phi) is 3.92. The van der Waals surface area contributed by atoms with E-state index in [2.05, 4.69) is 10.3 Å². The van der Waals surface area contributed by atoms with Crippen LogP contribution in [-0.4, -0.2) is 16.1 Å². The zero-order valence-corrected chi connectivity index (χ0v) is 11.0. The largest absolute Gasteiger partial charge is 0.385 e. The smallest absolute Gasteiger partial charge is 0.110 e. The molecule has 0 unspecified atom stereocenters. The summed E-state index contributed by atoms with van der Waals surface area (Å²) in [4.78, 5) is 4.25. The van der Waals surface area contributed by atoms with Crippen LogP contribution >= 0.6 is 23.2 Å². The van der Waals surface area contributed by atoms with Crippen molar-refractivity contribution < 1.29 is 0 Å². The number of aromatic nitrogens is 2. The molecule has 1 aromatic heterocycles. The number of nitrogens with one attached hydrogen (secondary N) is 1. The topological polar surface area (TPSA) is 29.9 Å². The van der Waals surface area contributed by atoms with Gasteiger partial charge in [0.15, 0.2) is 0 Å². The molecule has 17 heavy (non-hydrogen) atoms. The van der Waals surface area contributed by atoms with E-state index in [1.165, 1.54) is 0 Å². The molecule has 0 spiro atoms. The number of aryl methyl sites for hydroxylation is 1. The standard InChI is InChI=1S/C12H13Cl2N3/c1-17-7-6-16-12(17)4-5-15-9-2-3-10(13)11(14)8-9/h2-3,6-8,15H,4-5H2,1H3. The Hall–Kier alpha value is -1.19. The summed E-state index contributed by atoms with van der Waals surface area (Å²) in [5, 5.41) is 4.42. The van der Waals surface area contributed by atoms with Crippen molar-refractivity contribution in [3.63, 3.8) is 0 Å². The Labute approximate surface area is 110 Å². The average Bonchev–Trinajstić information content (AvgIpc) is 2.70. The molecule has 1 N–H and O–H groups in total. The van der Waals surface area contributed by atoms with Crippen LogP contribution in [0, 0.1) is 0 Å². The number of hydrogen-bond donors (Lipinski definition) is 1. The van der Waals surface area contributed by atoms with Crippen LogP contribution in [0.15, 0.2) is 30.6 Å². The Bertz CT molecular complexity index is 508. The van der Waals surface area contributed by atoms with E-state index in [9.17, 15) is 0 Å². The summed E-state index contributed by atoms with van der Waals surface area (Å²) >= 11 is 11.8. The molecular weight excluding hydrogens is 257 g/mol. The summed E-state index contributed by atoms with van der Waals surface area (Å²) in [6.07, 6.45) is 4.60. The Morgan fingerprint density at radius 1 is 1.29 bits per heavy atom. The van der Waals surface area contributed by atoms with Crippen molar-refractivity contribution in [3.8, 4) is 0 Å². The maximum absolute atomic E-state index is 5.93. The van der Waals surface area contributed by atoms with Gasteiger partial charge in [0.05, 0.1) is 10.0 Å². The number of anilines is 1. The highest BCUT2D eigenvalue weighted by Gasteiger charge is 2.01. The monoisotopic (exact) mass is 269 g/mol. The Morgan fingerprint density at radius 3 is 2.76 bits per heavy atom. The van der Waals surface area contributed by atoms with Crippen LogP contribution in [-0.2, 0) is 13.5 Å². The van der Waals surface area contributed by atoms with Crippen molar-refractivity contribution in [2.45, 2.75) is 6.42 Å². The second kappa shape index (κ2) is 5.43. The minimum absolute atomic E-state index is 0.564. The summed E-state index contributed by atoms with van der Waals surface area (Å²) in [6.45, 7) is 0.808. The lowest BCUT2D eigenvalue weighted by Crippen LogP contribution is -2.08. The zero-order valence-electron chi connectivity index (χ0n) is 9.45. The molecule has 3 nitrogen and oxygen atoms in total. The minimum Gasteiger partial charge on any atom is -0.385 e. The second-order valence-electron chi connectivity index (χ2n) is 3.76. The SMILES string of the molecule is Cn1ccnc1CCNc1ccc(Cl)c(Cl)c1. The second-order valence-corrected chi connectivity index (χ2v) is 4.57. The quantitative estimate of drug-likeness (QED) is 0.923. The van der Waals surface area contributed by atoms with Gasteiger partial charge >= 0.3 is 0 Å². The molecule has 0 radical (unpaired) electrons. The average molecular weight is 270 g/mol. The van der Waals surface area contributed by atoms with Gasteiger partial charge in [-0.25, -0.2) is 4.98 Å². The summed E-state index contributed by atoms with van der Waals surface area (Å²) in [6, 6.07) is 5.52. The fraction of sp³-hybridized carbons (Fsp3) is 0.250. The fourth-order valence-electron chi connectivity index (χ4n) is 1.56. The number of imidazole rings is 1. The van der Waals surface area contributed by atoms with Crippen LogP contribution in [0.25, 0.3) is 0 Å². The van der Waals surface area contributed by atoms with Crippen LogP contribution in [0.3, 0.4) is 0 Å². The summed E-state index contributed by atoms with van der Waals surface area (Å²) in [5.74, 6) is 1.05. The first-order chi connectivity index (χ1) is 8.16. The van der Waals surface area contributed by atoms with Crippen LogP contribution in [0.4, 0.5) is 5.69 Å².